The van der Waals surface area contributed by atoms with Crippen LogP contribution in [0.4, 0.5) is 0 Å². The SMILES string of the molecule is O=S1(=O)c2ccccc2[C@@H]2NCCCCN[C@H]3c4ccccc4S(=O)(=O)N3CCc3ccc(cc3)CCN21. The van der Waals surface area contributed by atoms with Gasteiger partial charge in [-0.05, 0) is 62.0 Å². The number of benzene rings is 3. The molecule has 0 spiro atoms. The van der Waals surface area contributed by atoms with Crippen molar-refractivity contribution in [2.75, 3.05) is 26.2 Å². The van der Waals surface area contributed by atoms with Crippen molar-refractivity contribution in [2.45, 2.75) is 47.8 Å². The van der Waals surface area contributed by atoms with Crippen LogP contribution in [0.15, 0.2) is 82.6 Å². The third-order valence-electron chi connectivity index (χ3n) is 7.72. The molecule has 4 heterocycles. The van der Waals surface area contributed by atoms with Crippen molar-refractivity contribution in [3.8, 4) is 0 Å². The first kappa shape index (κ1) is 25.7. The fourth-order valence-corrected chi connectivity index (χ4v) is 9.28. The zero-order valence-electron chi connectivity index (χ0n) is 21.1. The number of nitrogens with one attached hydrogen (secondary N) is 2. The Labute approximate surface area is 224 Å². The van der Waals surface area contributed by atoms with E-state index in [1.165, 1.54) is 0 Å². The Balaban J connectivity index is 1.28. The van der Waals surface area contributed by atoms with Gasteiger partial charge in [-0.2, -0.15) is 8.61 Å². The molecule has 0 saturated carbocycles. The number of hydrogen-bond acceptors (Lipinski definition) is 6. The van der Waals surface area contributed by atoms with E-state index >= 15 is 0 Å². The fourth-order valence-electron chi connectivity index (χ4n) is 5.72. The van der Waals surface area contributed by atoms with E-state index in [-0.39, 0.29) is 0 Å². The largest absolute Gasteiger partial charge is 0.297 e. The average Bonchev–Trinajstić information content (AvgIpc) is 3.27. The van der Waals surface area contributed by atoms with E-state index < -0.39 is 32.4 Å². The van der Waals surface area contributed by atoms with Crippen molar-refractivity contribution < 1.29 is 16.8 Å². The molecule has 0 unspecified atom stereocenters. The fraction of sp³-hybridized carbons (Fsp3) is 0.357. The van der Waals surface area contributed by atoms with Crippen LogP contribution in [-0.2, 0) is 32.9 Å². The molecule has 3 aromatic rings. The highest BCUT2D eigenvalue weighted by Crippen LogP contribution is 2.39. The maximum Gasteiger partial charge on any atom is 0.245 e. The van der Waals surface area contributed by atoms with Gasteiger partial charge in [0.2, 0.25) is 20.0 Å². The van der Waals surface area contributed by atoms with E-state index in [1.54, 1.807) is 32.9 Å². The Hall–Kier alpha value is -2.60. The van der Waals surface area contributed by atoms with E-state index in [1.807, 2.05) is 48.5 Å². The highest BCUT2D eigenvalue weighted by Gasteiger charge is 2.43. The number of sulfonamides is 2. The first-order valence-electron chi connectivity index (χ1n) is 13.1. The van der Waals surface area contributed by atoms with Gasteiger partial charge in [-0.1, -0.05) is 60.7 Å². The van der Waals surface area contributed by atoms with Crippen molar-refractivity contribution in [1.29, 1.82) is 0 Å². The van der Waals surface area contributed by atoms with Crippen LogP contribution in [0.2, 0.25) is 0 Å². The van der Waals surface area contributed by atoms with Gasteiger partial charge in [0, 0.05) is 24.2 Å². The van der Waals surface area contributed by atoms with Gasteiger partial charge in [0.15, 0.2) is 0 Å². The van der Waals surface area contributed by atoms with Crippen molar-refractivity contribution in [3.63, 3.8) is 0 Å². The summed E-state index contributed by atoms with van der Waals surface area (Å²) in [6, 6.07) is 22.5. The number of nitrogens with zero attached hydrogens (tertiary/aromatic N) is 2. The lowest BCUT2D eigenvalue weighted by Gasteiger charge is -2.26. The van der Waals surface area contributed by atoms with Crippen LogP contribution in [0.5, 0.6) is 0 Å². The molecule has 0 amide bonds. The molecule has 2 N–H and O–H groups in total. The quantitative estimate of drug-likeness (QED) is 0.445. The van der Waals surface area contributed by atoms with Gasteiger partial charge in [0.25, 0.3) is 0 Å². The Morgan fingerprint density at radius 1 is 0.579 bits per heavy atom. The molecule has 10 heteroatoms. The van der Waals surface area contributed by atoms with E-state index in [9.17, 15) is 16.8 Å². The molecule has 200 valence electrons. The van der Waals surface area contributed by atoms with Gasteiger partial charge in [0.1, 0.15) is 12.3 Å². The Kier molecular flexibility index (Phi) is 6.88. The minimum atomic E-state index is -3.57. The molecule has 2 atom stereocenters. The van der Waals surface area contributed by atoms with Crippen molar-refractivity contribution in [2.24, 2.45) is 0 Å². The average molecular weight is 553 g/mol. The van der Waals surface area contributed by atoms with Crippen LogP contribution in [0, 0.1) is 0 Å². The molecule has 0 saturated heterocycles. The van der Waals surface area contributed by atoms with Gasteiger partial charge in [-0.25, -0.2) is 16.8 Å². The molecular formula is C28H32N4O4S2. The molecule has 7 rings (SSSR count). The highest BCUT2D eigenvalue weighted by atomic mass is 32.2. The molecule has 3 aromatic carbocycles. The molecule has 8 nitrogen and oxygen atoms in total. The standard InChI is InChI=1S/C28H32N4O4S2/c33-37(34)25-9-3-1-7-23(25)27-29-17-5-6-18-30-28-24-8-2-4-10-26(24)38(35,36)32(28)20-16-22-13-11-21(12-14-22)15-19-31(27)37/h1-4,7-14,27-30H,5-6,15-20H2/t27-,28-/m1/s1. The summed E-state index contributed by atoms with van der Waals surface area (Å²) in [6.07, 6.45) is 2.03. The zero-order valence-corrected chi connectivity index (χ0v) is 22.7. The Morgan fingerprint density at radius 2 is 0.974 bits per heavy atom. The number of hydrogen-bond donors (Lipinski definition) is 2. The highest BCUT2D eigenvalue weighted by molar-refractivity contribution is 7.89. The molecule has 0 aliphatic carbocycles. The van der Waals surface area contributed by atoms with Crippen LogP contribution in [0.25, 0.3) is 0 Å². The summed E-state index contributed by atoms with van der Waals surface area (Å²) >= 11 is 0. The second kappa shape index (κ2) is 10.2. The third kappa shape index (κ3) is 4.49. The monoisotopic (exact) mass is 552 g/mol. The molecule has 2 bridgehead atoms. The summed E-state index contributed by atoms with van der Waals surface area (Å²) in [5, 5.41) is 6.96. The van der Waals surface area contributed by atoms with Crippen molar-refractivity contribution in [3.05, 3.63) is 95.1 Å². The van der Waals surface area contributed by atoms with Gasteiger partial charge in [-0.3, -0.25) is 10.6 Å². The van der Waals surface area contributed by atoms with Crippen LogP contribution in [0.3, 0.4) is 0 Å². The van der Waals surface area contributed by atoms with Crippen molar-refractivity contribution >= 4 is 20.0 Å². The minimum Gasteiger partial charge on any atom is -0.297 e. The summed E-state index contributed by atoms with van der Waals surface area (Å²) in [6.45, 7) is 2.04. The Morgan fingerprint density at radius 3 is 1.39 bits per heavy atom. The Bertz CT molecular complexity index is 1420. The summed E-state index contributed by atoms with van der Waals surface area (Å²) in [7, 11) is -7.15. The first-order valence-corrected chi connectivity index (χ1v) is 16.0. The van der Waals surface area contributed by atoms with E-state index in [4.69, 9.17) is 0 Å². The van der Waals surface area contributed by atoms with Gasteiger partial charge >= 0.3 is 0 Å². The maximum atomic E-state index is 13.4. The summed E-state index contributed by atoms with van der Waals surface area (Å²) in [4.78, 5) is 0.753. The third-order valence-corrected chi connectivity index (χ3v) is 11.6. The second-order valence-corrected chi connectivity index (χ2v) is 13.8. The summed E-state index contributed by atoms with van der Waals surface area (Å²) < 4.78 is 56.7. The first-order chi connectivity index (χ1) is 18.4. The van der Waals surface area contributed by atoms with Crippen LogP contribution in [0.1, 0.15) is 47.4 Å². The lowest BCUT2D eigenvalue weighted by Crippen LogP contribution is -2.39. The number of rotatable bonds is 0. The maximum absolute atomic E-state index is 13.4. The minimum absolute atomic E-state index is 0.376. The lowest BCUT2D eigenvalue weighted by molar-refractivity contribution is 0.282. The van der Waals surface area contributed by atoms with E-state index in [2.05, 4.69) is 10.6 Å². The molecule has 38 heavy (non-hydrogen) atoms. The van der Waals surface area contributed by atoms with Crippen molar-refractivity contribution in [1.82, 2.24) is 19.2 Å². The van der Waals surface area contributed by atoms with E-state index in [0.29, 0.717) is 48.8 Å². The van der Waals surface area contributed by atoms with Gasteiger partial charge in [-0.15, -0.1) is 0 Å². The van der Waals surface area contributed by atoms with Gasteiger partial charge in [0.05, 0.1) is 9.79 Å². The second-order valence-electron chi connectivity index (χ2n) is 10.0. The number of fused-ring (bicyclic) bond motifs is 11. The molecule has 4 aliphatic rings. The van der Waals surface area contributed by atoms with Crippen LogP contribution >= 0.6 is 0 Å². The normalized spacial score (nSPS) is 25.5. The lowest BCUT2D eigenvalue weighted by atomic mass is 10.1. The molecular weight excluding hydrogens is 520 g/mol. The zero-order chi connectivity index (χ0) is 26.3. The van der Waals surface area contributed by atoms with Crippen LogP contribution in [-0.4, -0.2) is 51.6 Å². The summed E-state index contributed by atoms with van der Waals surface area (Å²) in [5.41, 5.74) is 3.67. The van der Waals surface area contributed by atoms with Crippen LogP contribution < -0.4 is 10.6 Å². The molecule has 0 aromatic heterocycles. The summed E-state index contributed by atoms with van der Waals surface area (Å²) in [5.74, 6) is 0. The predicted octanol–water partition coefficient (Wildman–Crippen LogP) is 3.15. The topological polar surface area (TPSA) is 98.8 Å². The van der Waals surface area contributed by atoms with Gasteiger partial charge < -0.3 is 0 Å². The molecule has 0 radical (unpaired) electrons. The predicted molar refractivity (Wildman–Crippen MR) is 145 cm³/mol. The molecule has 0 fully saturated rings. The van der Waals surface area contributed by atoms with E-state index in [0.717, 1.165) is 35.1 Å². The smallest absolute Gasteiger partial charge is 0.245 e. The molecule has 4 aliphatic heterocycles.